The first kappa shape index (κ1) is 79.6. The van der Waals surface area contributed by atoms with Crippen LogP contribution in [0.4, 0.5) is 0 Å². The maximum Gasteiger partial charge on any atom is 0.303 e. The van der Waals surface area contributed by atoms with E-state index in [1.807, 2.05) is 55.4 Å². The summed E-state index contributed by atoms with van der Waals surface area (Å²) in [5, 5.41) is 32.4. The number of amides is 11. The van der Waals surface area contributed by atoms with Gasteiger partial charge in [-0.15, -0.1) is 0 Å². The Morgan fingerprint density at radius 1 is 0.466 bits per heavy atom. The van der Waals surface area contributed by atoms with Gasteiger partial charge in [0.15, 0.2) is 0 Å². The van der Waals surface area contributed by atoms with Gasteiger partial charge in [-0.25, -0.2) is 0 Å². The molecule has 25 heteroatoms. The summed E-state index contributed by atoms with van der Waals surface area (Å²) in [5.74, 6) is -11.3. The zero-order valence-electron chi connectivity index (χ0n) is 57.4. The molecule has 1 aliphatic heterocycles. The van der Waals surface area contributed by atoms with E-state index in [0.29, 0.717) is 6.42 Å². The topological polar surface area (TPSA) is 316 Å². The number of carboxylic acids is 1. The van der Waals surface area contributed by atoms with E-state index in [2.05, 4.69) is 21.3 Å². The zero-order valence-corrected chi connectivity index (χ0v) is 57.4. The molecule has 0 aliphatic carbocycles. The van der Waals surface area contributed by atoms with Gasteiger partial charge in [0.25, 0.3) is 0 Å². The summed E-state index contributed by atoms with van der Waals surface area (Å²) < 4.78 is 0. The van der Waals surface area contributed by atoms with Crippen molar-refractivity contribution < 1.29 is 67.7 Å². The standard InChI is InChI=1S/C63H113N11O14/c1-24-43-59(84)68(17)33-48(75)69(18)44(29-34(2)3)56(81)67-50(38(10)11)62(87)70(19)45(30-35(4)5)55(80)64-41(15)54(79)65-42(16)58(83)71(20)46(31-36(6)7)60(85)72(21)47(32-37(8)9)61(86)73(22)51(39(12)13)63(88)74(23)52(57(82)66-43)53(78)40(14)27-25-26-28-49(76)77/h34-47,50-53,78H,24-33H2,1-23H3,(H,64,80)(H,65,79)(H,66,82)(H,67,81)(H,76,77)/t40-,41+,42-,43+,44+,45+,46?,47+,50?,51+,52+,53-/m1/s1. The first-order valence-electron chi connectivity index (χ1n) is 31.5. The van der Waals surface area contributed by atoms with Crippen LogP contribution in [-0.4, -0.2) is 238 Å². The lowest BCUT2D eigenvalue weighted by atomic mass is 9.90. The van der Waals surface area contributed by atoms with E-state index < -0.39 is 162 Å². The van der Waals surface area contributed by atoms with Gasteiger partial charge in [-0.3, -0.25) is 57.5 Å². The molecule has 0 bridgehead atoms. The Morgan fingerprint density at radius 3 is 1.34 bits per heavy atom. The van der Waals surface area contributed by atoms with Crippen LogP contribution in [0.15, 0.2) is 0 Å². The van der Waals surface area contributed by atoms with E-state index >= 15 is 9.59 Å². The number of aliphatic hydroxyl groups is 1. The summed E-state index contributed by atoms with van der Waals surface area (Å²) in [4.78, 5) is 180. The molecule has 0 radical (unpaired) electrons. The van der Waals surface area contributed by atoms with E-state index in [1.165, 1.54) is 87.7 Å². The Morgan fingerprint density at radius 2 is 0.886 bits per heavy atom. The maximum atomic E-state index is 15.2. The van der Waals surface area contributed by atoms with Gasteiger partial charge in [0.05, 0.1) is 12.6 Å². The number of nitrogens with one attached hydrogen (secondary N) is 4. The molecule has 11 amide bonds. The third kappa shape index (κ3) is 22.9. The van der Waals surface area contributed by atoms with Gasteiger partial charge in [-0.1, -0.05) is 103 Å². The molecular weight excluding hydrogens is 1130 g/mol. The van der Waals surface area contributed by atoms with E-state index in [-0.39, 0.29) is 75.0 Å². The molecule has 1 rings (SSSR count). The number of hydrogen-bond donors (Lipinski definition) is 6. The molecule has 12 atom stereocenters. The molecular formula is C63H113N11O14. The average molecular weight is 1250 g/mol. The van der Waals surface area contributed by atoms with Gasteiger partial charge in [0, 0.05) is 55.8 Å². The number of aliphatic carboxylic acids is 1. The van der Waals surface area contributed by atoms with Crippen LogP contribution in [0, 0.1) is 41.4 Å². The van der Waals surface area contributed by atoms with E-state index in [4.69, 9.17) is 0 Å². The van der Waals surface area contributed by atoms with Crippen molar-refractivity contribution in [2.75, 3.05) is 55.9 Å². The summed E-state index contributed by atoms with van der Waals surface area (Å²) in [7, 11) is 9.74. The molecule has 0 saturated carbocycles. The van der Waals surface area contributed by atoms with Crippen molar-refractivity contribution in [1.29, 1.82) is 0 Å². The molecule has 1 aliphatic rings. The lowest BCUT2D eigenvalue weighted by Crippen LogP contribution is -2.63. The highest BCUT2D eigenvalue weighted by molar-refractivity contribution is 5.99. The highest BCUT2D eigenvalue weighted by Gasteiger charge is 2.46. The summed E-state index contributed by atoms with van der Waals surface area (Å²) in [6, 6.07) is -12.7. The van der Waals surface area contributed by atoms with Crippen LogP contribution in [-0.2, 0) is 57.5 Å². The number of aliphatic hydroxyl groups excluding tert-OH is 1. The molecule has 1 heterocycles. The SMILES string of the molecule is CC[C@@H]1NC(=O)[C@H]([C@H](O)[C@H](C)CCCCC(=O)O)N(C)C(=O)[C@H](C(C)C)N(C)C(=O)[C@H](CC(C)C)N(C)C(=O)C(CC(C)C)N(C)C(=O)[C@@H](C)NC(=O)[C@H](C)NC(=O)[C@H](CC(C)C)N(C)C(=O)C(C(C)C)NC(=O)[C@H](CC(C)C)N(C)C(=O)CN(C)C1=O. The Hall–Kier alpha value is -6.40. The van der Waals surface area contributed by atoms with Gasteiger partial charge >= 0.3 is 5.97 Å². The largest absolute Gasteiger partial charge is 0.481 e. The smallest absolute Gasteiger partial charge is 0.303 e. The number of likely N-dealkylation sites (N-methyl/N-ethyl adjacent to an activating group) is 7. The fourth-order valence-corrected chi connectivity index (χ4v) is 11.1. The van der Waals surface area contributed by atoms with Crippen molar-refractivity contribution in [3.05, 3.63) is 0 Å². The second-order valence-corrected chi connectivity index (χ2v) is 26.9. The highest BCUT2D eigenvalue weighted by atomic mass is 16.4. The Bertz CT molecular complexity index is 2400. The van der Waals surface area contributed by atoms with E-state index in [0.717, 1.165) is 9.80 Å². The van der Waals surface area contributed by atoms with Gasteiger partial charge in [-0.2, -0.15) is 0 Å². The van der Waals surface area contributed by atoms with Crippen LogP contribution in [0.25, 0.3) is 0 Å². The van der Waals surface area contributed by atoms with E-state index in [1.54, 1.807) is 41.5 Å². The molecule has 1 fully saturated rings. The Kier molecular flexibility index (Phi) is 32.8. The number of nitrogens with zero attached hydrogens (tertiary/aromatic N) is 7. The normalized spacial score (nSPS) is 26.2. The van der Waals surface area contributed by atoms with Crippen molar-refractivity contribution in [3.8, 4) is 0 Å². The predicted octanol–water partition coefficient (Wildman–Crippen LogP) is 2.95. The quantitative estimate of drug-likeness (QED) is 0.108. The van der Waals surface area contributed by atoms with Gasteiger partial charge < -0.3 is 65.8 Å². The molecule has 0 spiro atoms. The summed E-state index contributed by atoms with van der Waals surface area (Å²) in [6.07, 6.45) is -0.384. The minimum atomic E-state index is -1.70. The number of unbranched alkanes of at least 4 members (excludes halogenated alkanes) is 1. The minimum absolute atomic E-state index is 0.0222. The molecule has 88 heavy (non-hydrogen) atoms. The van der Waals surface area contributed by atoms with Crippen LogP contribution in [0.5, 0.6) is 0 Å². The maximum absolute atomic E-state index is 15.2. The van der Waals surface area contributed by atoms with Crippen molar-refractivity contribution in [2.45, 2.75) is 235 Å². The minimum Gasteiger partial charge on any atom is -0.481 e. The Labute approximate surface area is 524 Å². The zero-order chi connectivity index (χ0) is 68.3. The lowest BCUT2D eigenvalue weighted by Gasteiger charge is -2.41. The van der Waals surface area contributed by atoms with Crippen LogP contribution >= 0.6 is 0 Å². The van der Waals surface area contributed by atoms with Crippen molar-refractivity contribution in [1.82, 2.24) is 55.6 Å². The first-order chi connectivity index (χ1) is 40.6. The second kappa shape index (κ2) is 36.3. The van der Waals surface area contributed by atoms with Gasteiger partial charge in [-0.05, 0) is 100 Å². The van der Waals surface area contributed by atoms with Crippen LogP contribution in [0.1, 0.15) is 169 Å². The van der Waals surface area contributed by atoms with Gasteiger partial charge in [0.2, 0.25) is 65.0 Å². The molecule has 0 aromatic heterocycles. The average Bonchev–Trinajstić information content (AvgIpc) is 1.39. The summed E-state index contributed by atoms with van der Waals surface area (Å²) in [6.45, 7) is 27.2. The number of carbonyl (C=O) groups excluding carboxylic acids is 11. The van der Waals surface area contributed by atoms with Crippen LogP contribution in [0.2, 0.25) is 0 Å². The van der Waals surface area contributed by atoms with Crippen molar-refractivity contribution in [3.63, 3.8) is 0 Å². The number of carbonyl (C=O) groups is 12. The molecule has 1 saturated heterocycles. The predicted molar refractivity (Wildman–Crippen MR) is 335 cm³/mol. The summed E-state index contributed by atoms with van der Waals surface area (Å²) in [5.41, 5.74) is 0. The number of carboxylic acid groups (broad SMARTS) is 1. The molecule has 6 N–H and O–H groups in total. The number of hydrogen-bond acceptors (Lipinski definition) is 13. The Balaban J connectivity index is 4.34. The third-order valence-corrected chi connectivity index (χ3v) is 16.6. The fourth-order valence-electron chi connectivity index (χ4n) is 11.1. The second-order valence-electron chi connectivity index (χ2n) is 26.9. The fraction of sp³-hybridized carbons (Fsp3) is 0.810. The molecule has 0 aromatic rings. The van der Waals surface area contributed by atoms with Crippen LogP contribution in [0.3, 0.4) is 0 Å². The van der Waals surface area contributed by atoms with Crippen molar-refractivity contribution in [2.24, 2.45) is 41.4 Å². The van der Waals surface area contributed by atoms with Crippen LogP contribution < -0.4 is 21.3 Å². The van der Waals surface area contributed by atoms with Gasteiger partial charge in [0.1, 0.15) is 60.4 Å². The number of rotatable bonds is 18. The monoisotopic (exact) mass is 1250 g/mol. The van der Waals surface area contributed by atoms with E-state index in [9.17, 15) is 58.2 Å². The molecule has 25 nitrogen and oxygen atoms in total. The lowest BCUT2D eigenvalue weighted by molar-refractivity contribution is -0.157. The highest BCUT2D eigenvalue weighted by Crippen LogP contribution is 2.26. The van der Waals surface area contributed by atoms with Crippen molar-refractivity contribution >= 4 is 70.9 Å². The molecule has 504 valence electrons. The molecule has 2 unspecified atom stereocenters. The third-order valence-electron chi connectivity index (χ3n) is 16.6. The first-order valence-corrected chi connectivity index (χ1v) is 31.5. The summed E-state index contributed by atoms with van der Waals surface area (Å²) >= 11 is 0. The molecule has 0 aromatic carbocycles.